The highest BCUT2D eigenvalue weighted by atomic mass is 35.5. The first-order valence-electron chi connectivity index (χ1n) is 7.47. The quantitative estimate of drug-likeness (QED) is 0.837. The highest BCUT2D eigenvalue weighted by Gasteiger charge is 2.26. The Labute approximate surface area is 144 Å². The maximum absolute atomic E-state index is 12.2. The predicted octanol–water partition coefficient (Wildman–Crippen LogP) is 2.49. The number of fused-ring (bicyclic) bond motifs is 1. The van der Waals surface area contributed by atoms with Crippen molar-refractivity contribution in [2.24, 2.45) is 0 Å². The number of carbonyl (C=O) groups is 2. The van der Waals surface area contributed by atoms with E-state index >= 15 is 0 Å². The van der Waals surface area contributed by atoms with Crippen LogP contribution in [0.3, 0.4) is 0 Å². The molecule has 1 aliphatic carbocycles. The Morgan fingerprint density at radius 1 is 1.29 bits per heavy atom. The summed E-state index contributed by atoms with van der Waals surface area (Å²) in [6, 6.07) is 8.63. The summed E-state index contributed by atoms with van der Waals surface area (Å²) in [5.41, 5.74) is 2.44. The summed E-state index contributed by atoms with van der Waals surface area (Å²) in [7, 11) is 1.44. The molecule has 1 atom stereocenters. The molecule has 1 unspecified atom stereocenters. The first-order chi connectivity index (χ1) is 11.6. The molecule has 2 amide bonds. The molecule has 0 spiro atoms. The highest BCUT2D eigenvalue weighted by Crippen LogP contribution is 2.32. The summed E-state index contributed by atoms with van der Waals surface area (Å²) in [6.07, 6.45) is 3.10. The van der Waals surface area contributed by atoms with Gasteiger partial charge in [-0.15, -0.1) is 0 Å². The lowest BCUT2D eigenvalue weighted by molar-refractivity contribution is -0.136. The molecule has 1 aromatic carbocycles. The Bertz CT molecular complexity index is 794. The van der Waals surface area contributed by atoms with Crippen molar-refractivity contribution in [2.75, 3.05) is 12.4 Å². The Hall–Kier alpha value is -2.60. The molecule has 0 saturated carbocycles. The summed E-state index contributed by atoms with van der Waals surface area (Å²) >= 11 is 5.98. The minimum absolute atomic E-state index is 0.189. The third kappa shape index (κ3) is 3.33. The van der Waals surface area contributed by atoms with Crippen LogP contribution >= 0.6 is 11.6 Å². The molecule has 2 N–H and O–H groups in total. The van der Waals surface area contributed by atoms with Crippen LogP contribution in [0.1, 0.15) is 23.6 Å². The van der Waals surface area contributed by atoms with Gasteiger partial charge in [0.05, 0.1) is 13.2 Å². The number of anilines is 1. The van der Waals surface area contributed by atoms with E-state index in [1.807, 2.05) is 12.1 Å². The van der Waals surface area contributed by atoms with Crippen LogP contribution in [0.4, 0.5) is 5.69 Å². The van der Waals surface area contributed by atoms with Crippen LogP contribution in [0.5, 0.6) is 5.88 Å². The zero-order chi connectivity index (χ0) is 17.1. The number of hydrogen-bond acceptors (Lipinski definition) is 4. The topological polar surface area (TPSA) is 80.3 Å². The number of benzene rings is 1. The minimum atomic E-state index is -0.760. The number of rotatable bonds is 3. The fraction of sp³-hybridized carbons (Fsp3) is 0.235. The lowest BCUT2D eigenvalue weighted by Crippen LogP contribution is -2.37. The van der Waals surface area contributed by atoms with Crippen LogP contribution in [0, 0.1) is 0 Å². The van der Waals surface area contributed by atoms with E-state index in [0.29, 0.717) is 10.7 Å². The summed E-state index contributed by atoms with van der Waals surface area (Å²) in [5.74, 6) is -1.21. The number of halogens is 1. The van der Waals surface area contributed by atoms with Gasteiger partial charge in [0.25, 0.3) is 0 Å². The van der Waals surface area contributed by atoms with Crippen molar-refractivity contribution in [3.63, 3.8) is 0 Å². The smallest absolute Gasteiger partial charge is 0.313 e. The van der Waals surface area contributed by atoms with Crippen LogP contribution in [0.25, 0.3) is 0 Å². The van der Waals surface area contributed by atoms with Gasteiger partial charge in [-0.1, -0.05) is 17.7 Å². The second-order valence-corrected chi connectivity index (χ2v) is 5.86. The van der Waals surface area contributed by atoms with Gasteiger partial charge in [-0.25, -0.2) is 4.98 Å². The molecule has 1 aliphatic rings. The van der Waals surface area contributed by atoms with Gasteiger partial charge in [0, 0.05) is 11.2 Å². The number of hydrogen-bond donors (Lipinski definition) is 2. The molecule has 7 heteroatoms. The van der Waals surface area contributed by atoms with E-state index in [1.165, 1.54) is 13.3 Å². The van der Waals surface area contributed by atoms with Crippen LogP contribution < -0.4 is 15.4 Å². The second kappa shape index (κ2) is 6.88. The first kappa shape index (κ1) is 16.3. The second-order valence-electron chi connectivity index (χ2n) is 5.42. The monoisotopic (exact) mass is 345 g/mol. The van der Waals surface area contributed by atoms with Gasteiger partial charge >= 0.3 is 11.8 Å². The molecular weight excluding hydrogens is 330 g/mol. The Kier molecular flexibility index (Phi) is 4.66. The maximum Gasteiger partial charge on any atom is 0.313 e. The Morgan fingerprint density at radius 3 is 2.92 bits per heavy atom. The molecule has 2 aromatic rings. The number of aromatic nitrogens is 1. The van der Waals surface area contributed by atoms with Crippen molar-refractivity contribution >= 4 is 29.1 Å². The van der Waals surface area contributed by atoms with Gasteiger partial charge in [0.2, 0.25) is 5.88 Å². The maximum atomic E-state index is 12.2. The minimum Gasteiger partial charge on any atom is -0.480 e. The van der Waals surface area contributed by atoms with Gasteiger partial charge in [0.15, 0.2) is 0 Å². The van der Waals surface area contributed by atoms with Crippen molar-refractivity contribution in [3.05, 3.63) is 52.7 Å². The van der Waals surface area contributed by atoms with Crippen molar-refractivity contribution in [1.82, 2.24) is 10.3 Å². The van der Waals surface area contributed by atoms with Crippen LogP contribution in [0.15, 0.2) is 36.5 Å². The van der Waals surface area contributed by atoms with Gasteiger partial charge in [-0.2, -0.15) is 0 Å². The number of nitrogens with one attached hydrogen (secondary N) is 2. The zero-order valence-electron chi connectivity index (χ0n) is 13.0. The standard InChI is InChI=1S/C17H16ClN3O3/c1-24-17-14(3-2-8-19-17)21-16(23)15(22)20-13-7-4-10-9-11(18)5-6-12(10)13/h2-3,5-6,8-9,13H,4,7H2,1H3,(H,20,22)(H,21,23). The SMILES string of the molecule is COc1ncccc1NC(=O)C(=O)NC1CCc2cc(Cl)ccc21. The zero-order valence-corrected chi connectivity index (χ0v) is 13.8. The van der Waals surface area contributed by atoms with Gasteiger partial charge in [-0.05, 0) is 48.2 Å². The fourth-order valence-corrected chi connectivity index (χ4v) is 2.98. The Balaban J connectivity index is 1.67. The van der Waals surface area contributed by atoms with Crippen LogP contribution in [-0.4, -0.2) is 23.9 Å². The van der Waals surface area contributed by atoms with Crippen molar-refractivity contribution in [1.29, 1.82) is 0 Å². The summed E-state index contributed by atoms with van der Waals surface area (Å²) in [6.45, 7) is 0. The van der Waals surface area contributed by atoms with Gasteiger partial charge < -0.3 is 15.4 Å². The van der Waals surface area contributed by atoms with E-state index in [0.717, 1.165) is 24.0 Å². The number of nitrogens with zero attached hydrogens (tertiary/aromatic N) is 1. The molecule has 0 saturated heterocycles. The number of ether oxygens (including phenoxy) is 1. The molecule has 6 nitrogen and oxygen atoms in total. The van der Waals surface area contributed by atoms with Gasteiger partial charge in [0.1, 0.15) is 5.69 Å². The summed E-state index contributed by atoms with van der Waals surface area (Å²) in [5, 5.41) is 5.93. The predicted molar refractivity (Wildman–Crippen MR) is 90.1 cm³/mol. The lowest BCUT2D eigenvalue weighted by Gasteiger charge is -2.14. The molecule has 124 valence electrons. The van der Waals surface area contributed by atoms with Crippen molar-refractivity contribution in [2.45, 2.75) is 18.9 Å². The molecule has 0 bridgehead atoms. The van der Waals surface area contributed by atoms with Crippen LogP contribution in [0.2, 0.25) is 5.02 Å². The molecule has 1 aromatic heterocycles. The van der Waals surface area contributed by atoms with Crippen LogP contribution in [-0.2, 0) is 16.0 Å². The van der Waals surface area contributed by atoms with E-state index in [4.69, 9.17) is 16.3 Å². The molecule has 0 fully saturated rings. The number of methoxy groups -OCH3 is 1. The highest BCUT2D eigenvalue weighted by molar-refractivity contribution is 6.39. The molecular formula is C17H16ClN3O3. The largest absolute Gasteiger partial charge is 0.480 e. The third-order valence-electron chi connectivity index (χ3n) is 3.91. The number of amides is 2. The molecule has 0 radical (unpaired) electrons. The third-order valence-corrected chi connectivity index (χ3v) is 4.14. The van der Waals surface area contributed by atoms with E-state index in [-0.39, 0.29) is 11.9 Å². The van der Waals surface area contributed by atoms with E-state index < -0.39 is 11.8 Å². The molecule has 0 aliphatic heterocycles. The summed E-state index contributed by atoms with van der Waals surface area (Å²) in [4.78, 5) is 28.2. The van der Waals surface area contributed by atoms with Crippen molar-refractivity contribution < 1.29 is 14.3 Å². The molecule has 24 heavy (non-hydrogen) atoms. The van der Waals surface area contributed by atoms with Crippen molar-refractivity contribution in [3.8, 4) is 5.88 Å². The average molecular weight is 346 g/mol. The van der Waals surface area contributed by atoms with E-state index in [9.17, 15) is 9.59 Å². The average Bonchev–Trinajstić information content (AvgIpc) is 2.97. The van der Waals surface area contributed by atoms with Gasteiger partial charge in [-0.3, -0.25) is 9.59 Å². The number of pyridine rings is 1. The normalized spacial score (nSPS) is 15.5. The molecule has 3 rings (SSSR count). The van der Waals surface area contributed by atoms with E-state index in [2.05, 4.69) is 15.6 Å². The van der Waals surface area contributed by atoms with E-state index in [1.54, 1.807) is 18.2 Å². The lowest BCUT2D eigenvalue weighted by atomic mass is 10.1. The summed E-state index contributed by atoms with van der Waals surface area (Å²) < 4.78 is 5.05. The number of aryl methyl sites for hydroxylation is 1. The first-order valence-corrected chi connectivity index (χ1v) is 7.85. The fourth-order valence-electron chi connectivity index (χ4n) is 2.79. The Morgan fingerprint density at radius 2 is 2.12 bits per heavy atom. The molecule has 1 heterocycles. The number of carbonyl (C=O) groups excluding carboxylic acids is 2.